The second kappa shape index (κ2) is 5.49. The van der Waals surface area contributed by atoms with Gasteiger partial charge in [0, 0.05) is 5.56 Å². The van der Waals surface area contributed by atoms with Crippen LogP contribution in [0.4, 0.5) is 8.78 Å². The highest BCUT2D eigenvalue weighted by molar-refractivity contribution is 7.98. The Balaban J connectivity index is 2.57. The van der Waals surface area contributed by atoms with Gasteiger partial charge in [-0.3, -0.25) is 4.79 Å². The molecule has 0 bridgehead atoms. The lowest BCUT2D eigenvalue weighted by atomic mass is 9.69. The first-order valence-corrected chi connectivity index (χ1v) is 7.51. The van der Waals surface area contributed by atoms with E-state index >= 15 is 0 Å². The number of rotatable bonds is 3. The number of hydrogen-bond acceptors (Lipinski definition) is 2. The van der Waals surface area contributed by atoms with Crippen LogP contribution in [0.15, 0.2) is 17.0 Å². The Kier molecular flexibility index (Phi) is 4.13. The Hall–Kier alpha value is -1.10. The quantitative estimate of drug-likeness (QED) is 0.854. The summed E-state index contributed by atoms with van der Waals surface area (Å²) in [6.07, 6.45) is 4.90. The molecule has 0 spiro atoms. The van der Waals surface area contributed by atoms with Gasteiger partial charge in [-0.15, -0.1) is 11.8 Å². The van der Waals surface area contributed by atoms with Crippen molar-refractivity contribution >= 4 is 17.7 Å². The van der Waals surface area contributed by atoms with Crippen LogP contribution in [0, 0.1) is 11.6 Å². The number of carboxylic acids is 1. The summed E-state index contributed by atoms with van der Waals surface area (Å²) in [5.74, 6) is -2.35. The van der Waals surface area contributed by atoms with Crippen LogP contribution >= 0.6 is 11.8 Å². The van der Waals surface area contributed by atoms with E-state index in [1.165, 1.54) is 12.1 Å². The van der Waals surface area contributed by atoms with Crippen molar-refractivity contribution < 1.29 is 18.7 Å². The number of aliphatic carboxylic acids is 1. The number of carbonyl (C=O) groups is 1. The van der Waals surface area contributed by atoms with Crippen molar-refractivity contribution in [2.45, 2.75) is 42.4 Å². The number of thioether (sulfide) groups is 1. The van der Waals surface area contributed by atoms with Crippen molar-refractivity contribution in [1.29, 1.82) is 0 Å². The minimum absolute atomic E-state index is 0.0938. The maximum Gasteiger partial charge on any atom is 0.314 e. The molecule has 1 fully saturated rings. The molecule has 104 valence electrons. The van der Waals surface area contributed by atoms with Gasteiger partial charge in [0.1, 0.15) is 11.6 Å². The van der Waals surface area contributed by atoms with E-state index in [1.54, 1.807) is 6.26 Å². The molecule has 2 nitrogen and oxygen atoms in total. The second-order valence-corrected chi connectivity index (χ2v) is 5.71. The third-order valence-electron chi connectivity index (χ3n) is 3.89. The fourth-order valence-electron chi connectivity index (χ4n) is 2.84. The minimum Gasteiger partial charge on any atom is -0.481 e. The lowest BCUT2D eigenvalue weighted by molar-refractivity contribution is -0.145. The standard InChI is InChI=1S/C14H16F2O2S/c1-19-12-10(15)6-5-9(11(12)16)14(13(17)18)7-3-2-4-8-14/h5-6H,2-4,7-8H2,1H3,(H,17,18). The van der Waals surface area contributed by atoms with Crippen molar-refractivity contribution in [2.75, 3.05) is 6.26 Å². The Morgan fingerprint density at radius 2 is 1.89 bits per heavy atom. The maximum absolute atomic E-state index is 14.4. The average Bonchev–Trinajstić information content (AvgIpc) is 2.40. The van der Waals surface area contributed by atoms with Gasteiger partial charge in [-0.2, -0.15) is 0 Å². The summed E-state index contributed by atoms with van der Waals surface area (Å²) in [4.78, 5) is 11.6. The Morgan fingerprint density at radius 3 is 2.42 bits per heavy atom. The molecule has 1 aromatic rings. The van der Waals surface area contributed by atoms with Gasteiger partial charge in [-0.25, -0.2) is 8.78 Å². The maximum atomic E-state index is 14.4. The third-order valence-corrected chi connectivity index (χ3v) is 4.67. The predicted octanol–water partition coefficient (Wildman–Crippen LogP) is 3.97. The summed E-state index contributed by atoms with van der Waals surface area (Å²) < 4.78 is 27.9. The summed E-state index contributed by atoms with van der Waals surface area (Å²) in [5, 5.41) is 9.53. The number of halogens is 2. The minimum atomic E-state index is -1.19. The molecule has 0 amide bonds. The molecule has 2 rings (SSSR count). The van der Waals surface area contributed by atoms with Gasteiger partial charge in [-0.05, 0) is 25.2 Å². The van der Waals surface area contributed by atoms with Gasteiger partial charge in [-0.1, -0.05) is 25.3 Å². The first kappa shape index (κ1) is 14.3. The molecule has 0 heterocycles. The molecule has 1 aliphatic rings. The van der Waals surface area contributed by atoms with E-state index in [9.17, 15) is 18.7 Å². The van der Waals surface area contributed by atoms with Crippen LogP contribution in [-0.4, -0.2) is 17.3 Å². The van der Waals surface area contributed by atoms with Crippen LogP contribution in [-0.2, 0) is 10.2 Å². The molecule has 0 unspecified atom stereocenters. The number of hydrogen-bond donors (Lipinski definition) is 1. The number of carboxylic acid groups (broad SMARTS) is 1. The molecule has 1 aromatic carbocycles. The lowest BCUT2D eigenvalue weighted by Gasteiger charge is -2.34. The normalized spacial score (nSPS) is 18.3. The summed E-state index contributed by atoms with van der Waals surface area (Å²) in [6.45, 7) is 0. The topological polar surface area (TPSA) is 37.3 Å². The van der Waals surface area contributed by atoms with Crippen molar-refractivity contribution in [3.63, 3.8) is 0 Å². The van der Waals surface area contributed by atoms with E-state index in [-0.39, 0.29) is 10.5 Å². The van der Waals surface area contributed by atoms with Crippen LogP contribution in [0.5, 0.6) is 0 Å². The highest BCUT2D eigenvalue weighted by atomic mass is 32.2. The fraction of sp³-hybridized carbons (Fsp3) is 0.500. The van der Waals surface area contributed by atoms with Crippen LogP contribution in [0.1, 0.15) is 37.7 Å². The Morgan fingerprint density at radius 1 is 1.26 bits per heavy atom. The van der Waals surface area contributed by atoms with E-state index in [1.807, 2.05) is 0 Å². The Bertz CT molecular complexity index is 496. The molecular formula is C14H16F2O2S. The molecule has 19 heavy (non-hydrogen) atoms. The molecule has 0 aliphatic heterocycles. The van der Waals surface area contributed by atoms with E-state index < -0.39 is 23.0 Å². The van der Waals surface area contributed by atoms with Crippen molar-refractivity contribution in [3.8, 4) is 0 Å². The summed E-state index contributed by atoms with van der Waals surface area (Å²) >= 11 is 0.968. The SMILES string of the molecule is CSc1c(F)ccc(C2(C(=O)O)CCCCC2)c1F. The van der Waals surface area contributed by atoms with Gasteiger partial charge in [0.25, 0.3) is 0 Å². The molecule has 1 saturated carbocycles. The van der Waals surface area contributed by atoms with Crippen molar-refractivity contribution in [2.24, 2.45) is 0 Å². The Labute approximate surface area is 115 Å². The molecule has 0 radical (unpaired) electrons. The summed E-state index contributed by atoms with van der Waals surface area (Å²) in [7, 11) is 0. The molecule has 5 heteroatoms. The van der Waals surface area contributed by atoms with E-state index in [4.69, 9.17) is 0 Å². The summed E-state index contributed by atoms with van der Waals surface area (Å²) in [5.41, 5.74) is -1.06. The van der Waals surface area contributed by atoms with E-state index in [2.05, 4.69) is 0 Å². The zero-order chi connectivity index (χ0) is 14.0. The van der Waals surface area contributed by atoms with E-state index in [0.29, 0.717) is 12.8 Å². The highest BCUT2D eigenvalue weighted by Gasteiger charge is 2.43. The molecule has 1 N–H and O–H groups in total. The molecular weight excluding hydrogens is 270 g/mol. The van der Waals surface area contributed by atoms with Gasteiger partial charge < -0.3 is 5.11 Å². The molecule has 0 saturated heterocycles. The van der Waals surface area contributed by atoms with E-state index in [0.717, 1.165) is 31.0 Å². The van der Waals surface area contributed by atoms with Crippen LogP contribution in [0.25, 0.3) is 0 Å². The van der Waals surface area contributed by atoms with Crippen LogP contribution in [0.3, 0.4) is 0 Å². The monoisotopic (exact) mass is 286 g/mol. The zero-order valence-electron chi connectivity index (χ0n) is 10.7. The van der Waals surface area contributed by atoms with Crippen LogP contribution in [0.2, 0.25) is 0 Å². The third kappa shape index (κ3) is 2.36. The van der Waals surface area contributed by atoms with Crippen molar-refractivity contribution in [1.82, 2.24) is 0 Å². The van der Waals surface area contributed by atoms with Crippen molar-refractivity contribution in [3.05, 3.63) is 29.3 Å². The number of benzene rings is 1. The van der Waals surface area contributed by atoms with Crippen LogP contribution < -0.4 is 0 Å². The van der Waals surface area contributed by atoms with Gasteiger partial charge in [0.15, 0.2) is 0 Å². The molecule has 1 aliphatic carbocycles. The second-order valence-electron chi connectivity index (χ2n) is 4.89. The predicted molar refractivity (Wildman–Crippen MR) is 70.5 cm³/mol. The fourth-order valence-corrected chi connectivity index (χ4v) is 3.40. The smallest absolute Gasteiger partial charge is 0.314 e. The van der Waals surface area contributed by atoms with Gasteiger partial charge in [0.05, 0.1) is 10.3 Å². The molecule has 0 atom stereocenters. The molecule has 0 aromatic heterocycles. The summed E-state index contributed by atoms with van der Waals surface area (Å²) in [6, 6.07) is 2.47. The largest absolute Gasteiger partial charge is 0.481 e. The van der Waals surface area contributed by atoms with Gasteiger partial charge >= 0.3 is 5.97 Å². The average molecular weight is 286 g/mol. The highest BCUT2D eigenvalue weighted by Crippen LogP contribution is 2.42. The zero-order valence-corrected chi connectivity index (χ0v) is 11.5. The van der Waals surface area contributed by atoms with Gasteiger partial charge in [0.2, 0.25) is 0 Å². The first-order chi connectivity index (χ1) is 9.03. The lowest BCUT2D eigenvalue weighted by Crippen LogP contribution is -2.38. The first-order valence-electron chi connectivity index (χ1n) is 6.29.